The third-order valence-electron chi connectivity index (χ3n) is 3.34. The molecule has 2 amide bonds. The highest BCUT2D eigenvalue weighted by molar-refractivity contribution is 7.90. The Bertz CT molecular complexity index is 1170. The van der Waals surface area contributed by atoms with Crippen molar-refractivity contribution in [1.82, 2.24) is 4.72 Å². The molecule has 2 N–H and O–H groups in total. The van der Waals surface area contributed by atoms with Gasteiger partial charge in [0.1, 0.15) is 11.8 Å². The summed E-state index contributed by atoms with van der Waals surface area (Å²) in [4.78, 5) is 23.7. The Morgan fingerprint density at radius 3 is 2.54 bits per heavy atom. The predicted molar refractivity (Wildman–Crippen MR) is 98.3 cm³/mol. The van der Waals surface area contributed by atoms with Gasteiger partial charge in [-0.25, -0.2) is 17.9 Å². The molecular weight excluding hydrogens is 403 g/mol. The smallest absolute Gasteiger partial charge is 0.333 e. The Hall–Kier alpha value is -2.55. The number of sulfonamides is 1. The molecule has 0 bridgehead atoms. The lowest BCUT2D eigenvalue weighted by molar-refractivity contribution is 0.256. The molecule has 0 fully saturated rings. The fourth-order valence-electron chi connectivity index (χ4n) is 2.16. The van der Waals surface area contributed by atoms with E-state index in [1.54, 1.807) is 16.9 Å². The Balaban J connectivity index is 1.88. The van der Waals surface area contributed by atoms with Gasteiger partial charge in [-0.15, -0.1) is 0 Å². The van der Waals surface area contributed by atoms with E-state index in [-0.39, 0.29) is 21.7 Å². The minimum absolute atomic E-state index is 0.0801. The maximum Gasteiger partial charge on any atom is 0.333 e. The Morgan fingerprint density at radius 2 is 1.81 bits per heavy atom. The van der Waals surface area contributed by atoms with E-state index in [2.05, 4.69) is 5.32 Å². The molecule has 134 valence electrons. The van der Waals surface area contributed by atoms with Crippen molar-refractivity contribution >= 4 is 55.9 Å². The predicted octanol–water partition coefficient (Wildman–Crippen LogP) is 3.61. The van der Waals surface area contributed by atoms with E-state index >= 15 is 0 Å². The molecule has 3 rings (SSSR count). The molecule has 0 spiro atoms. The summed E-state index contributed by atoms with van der Waals surface area (Å²) < 4.78 is 31.6. The number of benzene rings is 2. The largest absolute Gasteiger partial charge is 0.463 e. The first kappa shape index (κ1) is 18.2. The zero-order valence-electron chi connectivity index (χ0n) is 12.8. The lowest BCUT2D eigenvalue weighted by Crippen LogP contribution is -2.36. The van der Waals surface area contributed by atoms with Crippen LogP contribution < -0.4 is 15.5 Å². The number of para-hydroxylation sites is 1. The lowest BCUT2D eigenvalue weighted by Gasteiger charge is -2.09. The summed E-state index contributed by atoms with van der Waals surface area (Å²) in [7, 11) is -4.46. The van der Waals surface area contributed by atoms with Crippen LogP contribution in [0.1, 0.15) is 0 Å². The Kier molecular flexibility index (Phi) is 4.90. The quantitative estimate of drug-likeness (QED) is 0.683. The van der Waals surface area contributed by atoms with Crippen LogP contribution in [0.3, 0.4) is 0 Å². The molecule has 0 aliphatic carbocycles. The fourth-order valence-corrected chi connectivity index (χ4v) is 3.55. The molecule has 0 unspecified atom stereocenters. The maximum absolute atomic E-state index is 12.4. The number of halogens is 2. The third-order valence-corrected chi connectivity index (χ3v) is 5.21. The van der Waals surface area contributed by atoms with Crippen LogP contribution in [0.15, 0.2) is 62.8 Å². The van der Waals surface area contributed by atoms with Gasteiger partial charge in [0.25, 0.3) is 10.0 Å². The number of urea groups is 1. The normalized spacial score (nSPS) is 11.3. The first-order valence-corrected chi connectivity index (χ1v) is 9.31. The van der Waals surface area contributed by atoms with Crippen molar-refractivity contribution in [1.29, 1.82) is 0 Å². The first-order chi connectivity index (χ1) is 12.3. The van der Waals surface area contributed by atoms with E-state index in [1.165, 1.54) is 30.3 Å². The van der Waals surface area contributed by atoms with Gasteiger partial charge in [-0.1, -0.05) is 35.3 Å². The maximum atomic E-state index is 12.4. The number of nitrogens with one attached hydrogen (secondary N) is 2. The molecule has 0 saturated carbocycles. The van der Waals surface area contributed by atoms with Gasteiger partial charge < -0.3 is 9.73 Å². The summed E-state index contributed by atoms with van der Waals surface area (Å²) in [5, 5.41) is 2.82. The average Bonchev–Trinajstić information content (AvgIpc) is 2.57. The second kappa shape index (κ2) is 6.99. The van der Waals surface area contributed by atoms with E-state index < -0.39 is 26.4 Å². The van der Waals surface area contributed by atoms with E-state index in [4.69, 9.17) is 27.6 Å². The molecule has 3 aromatic rings. The Morgan fingerprint density at radius 1 is 1.08 bits per heavy atom. The highest BCUT2D eigenvalue weighted by Crippen LogP contribution is 2.25. The zero-order valence-corrected chi connectivity index (χ0v) is 15.2. The molecule has 0 aliphatic heterocycles. The summed E-state index contributed by atoms with van der Waals surface area (Å²) in [6.45, 7) is 0. The van der Waals surface area contributed by atoms with Gasteiger partial charge in [0.15, 0.2) is 4.90 Å². The third kappa shape index (κ3) is 3.67. The van der Waals surface area contributed by atoms with Crippen LogP contribution in [0.4, 0.5) is 10.5 Å². The highest BCUT2D eigenvalue weighted by Gasteiger charge is 2.23. The van der Waals surface area contributed by atoms with Crippen LogP contribution in [0.2, 0.25) is 10.0 Å². The summed E-state index contributed by atoms with van der Waals surface area (Å²) in [6, 6.07) is 9.31. The van der Waals surface area contributed by atoms with Crippen LogP contribution in [-0.2, 0) is 10.0 Å². The van der Waals surface area contributed by atoms with Crippen molar-refractivity contribution in [2.45, 2.75) is 4.90 Å². The second-order valence-corrected chi connectivity index (χ2v) is 7.60. The van der Waals surface area contributed by atoms with Gasteiger partial charge in [0.2, 0.25) is 5.43 Å². The molecule has 2 aromatic carbocycles. The van der Waals surface area contributed by atoms with Crippen LogP contribution in [0.25, 0.3) is 11.0 Å². The number of fused-ring (bicyclic) bond motifs is 1. The summed E-state index contributed by atoms with van der Waals surface area (Å²) >= 11 is 11.7. The topological polar surface area (TPSA) is 105 Å². The van der Waals surface area contributed by atoms with E-state index in [0.29, 0.717) is 5.02 Å². The number of rotatable bonds is 3. The molecule has 0 radical (unpaired) electrons. The van der Waals surface area contributed by atoms with Crippen molar-refractivity contribution in [3.63, 3.8) is 0 Å². The summed E-state index contributed by atoms with van der Waals surface area (Å²) in [5.74, 6) is 0. The van der Waals surface area contributed by atoms with Crippen molar-refractivity contribution in [2.24, 2.45) is 0 Å². The van der Waals surface area contributed by atoms with E-state index in [0.717, 1.165) is 6.26 Å². The molecule has 1 heterocycles. The van der Waals surface area contributed by atoms with Crippen LogP contribution in [0.5, 0.6) is 0 Å². The van der Waals surface area contributed by atoms with Gasteiger partial charge in [0, 0.05) is 5.02 Å². The van der Waals surface area contributed by atoms with E-state index in [1.807, 2.05) is 0 Å². The lowest BCUT2D eigenvalue weighted by atomic mass is 10.2. The van der Waals surface area contributed by atoms with Gasteiger partial charge in [0.05, 0.1) is 16.1 Å². The van der Waals surface area contributed by atoms with Gasteiger partial charge in [-0.2, -0.15) is 0 Å². The molecule has 0 aliphatic rings. The highest BCUT2D eigenvalue weighted by atomic mass is 35.5. The van der Waals surface area contributed by atoms with Crippen molar-refractivity contribution in [3.05, 3.63) is 69.0 Å². The molecule has 10 heteroatoms. The molecule has 7 nitrogen and oxygen atoms in total. The average molecular weight is 413 g/mol. The zero-order chi connectivity index (χ0) is 18.9. The fraction of sp³-hybridized carbons (Fsp3) is 0. The monoisotopic (exact) mass is 412 g/mol. The number of hydrogen-bond acceptors (Lipinski definition) is 5. The molecule has 26 heavy (non-hydrogen) atoms. The minimum atomic E-state index is -4.46. The number of anilines is 1. The molecular formula is C16H10Cl2N2O5S. The SMILES string of the molecule is O=C(Nc1ccc(Cl)cc1Cl)NS(=O)(=O)c1coc2ccccc2c1=O. The number of carbonyl (C=O) groups is 1. The van der Waals surface area contributed by atoms with Gasteiger partial charge >= 0.3 is 6.03 Å². The van der Waals surface area contributed by atoms with Crippen molar-refractivity contribution in [2.75, 3.05) is 5.32 Å². The van der Waals surface area contributed by atoms with Crippen molar-refractivity contribution < 1.29 is 17.6 Å². The Labute approximate surface area is 157 Å². The minimum Gasteiger partial charge on any atom is -0.463 e. The number of carbonyl (C=O) groups excluding carboxylic acids is 1. The molecule has 0 saturated heterocycles. The van der Waals surface area contributed by atoms with Crippen molar-refractivity contribution in [3.8, 4) is 0 Å². The standard InChI is InChI=1S/C16H10Cl2N2O5S/c17-9-5-6-12(11(18)7-9)19-16(22)20-26(23,24)14-8-25-13-4-2-1-3-10(13)15(14)21/h1-8H,(H2,19,20,22). The second-order valence-electron chi connectivity index (χ2n) is 5.11. The van der Waals surface area contributed by atoms with Gasteiger partial charge in [-0.05, 0) is 30.3 Å². The first-order valence-electron chi connectivity index (χ1n) is 7.07. The number of amides is 2. The van der Waals surface area contributed by atoms with E-state index in [9.17, 15) is 18.0 Å². The number of hydrogen-bond donors (Lipinski definition) is 2. The van der Waals surface area contributed by atoms with Crippen LogP contribution >= 0.6 is 23.2 Å². The van der Waals surface area contributed by atoms with Crippen LogP contribution in [0, 0.1) is 0 Å². The van der Waals surface area contributed by atoms with Gasteiger partial charge in [-0.3, -0.25) is 4.79 Å². The molecule has 1 aromatic heterocycles. The van der Waals surface area contributed by atoms with Crippen LogP contribution in [-0.4, -0.2) is 14.4 Å². The summed E-state index contributed by atoms with van der Waals surface area (Å²) in [5.41, 5.74) is -0.403. The summed E-state index contributed by atoms with van der Waals surface area (Å²) in [6.07, 6.45) is 0.787. The molecule has 0 atom stereocenters.